The first-order chi connectivity index (χ1) is 23.6. The molecule has 0 amide bonds. The molecule has 2 heterocycles. The first kappa shape index (κ1) is 32.4. The van der Waals surface area contributed by atoms with Gasteiger partial charge in [0.25, 0.3) is 0 Å². The molecule has 2 bridgehead atoms. The zero-order valence-electron chi connectivity index (χ0n) is 29.1. The second kappa shape index (κ2) is 13.8. The topological polar surface area (TPSA) is 45.2 Å². The molecule has 2 saturated carbocycles. The van der Waals surface area contributed by atoms with E-state index in [2.05, 4.69) is 82.6 Å². The summed E-state index contributed by atoms with van der Waals surface area (Å²) in [5.74, 6) is 2.59. The largest absolute Gasteiger partial charge is 0.493 e. The van der Waals surface area contributed by atoms with Crippen LogP contribution in [0.1, 0.15) is 92.9 Å². The molecule has 1 saturated heterocycles. The maximum absolute atomic E-state index is 13.1. The first-order valence-corrected chi connectivity index (χ1v) is 19.3. The fraction of sp³-hybridized carbons (Fsp3) is 0.581. The third kappa shape index (κ3) is 5.88. The van der Waals surface area contributed by atoms with E-state index in [1.54, 1.807) is 7.11 Å². The van der Waals surface area contributed by atoms with Gasteiger partial charge in [0, 0.05) is 24.2 Å². The van der Waals surface area contributed by atoms with Crippen molar-refractivity contribution in [1.29, 1.82) is 0 Å². The molecule has 5 aliphatic rings. The highest BCUT2D eigenvalue weighted by molar-refractivity contribution is 5.63. The molecule has 8 rings (SSSR count). The van der Waals surface area contributed by atoms with Crippen LogP contribution < -0.4 is 9.47 Å². The van der Waals surface area contributed by atoms with Gasteiger partial charge in [0.05, 0.1) is 18.1 Å². The van der Waals surface area contributed by atoms with Gasteiger partial charge in [-0.15, -0.1) is 0 Å². The van der Waals surface area contributed by atoms with Crippen molar-refractivity contribution in [3.05, 3.63) is 95.1 Å². The number of ether oxygens (including phenoxy) is 2. The maximum atomic E-state index is 13.1. The zero-order valence-corrected chi connectivity index (χ0v) is 29.1. The van der Waals surface area contributed by atoms with Crippen LogP contribution in [0.3, 0.4) is 0 Å². The number of unbranched alkanes of at least 4 members (excludes halogenated alkanes) is 4. The number of methoxy groups -OCH3 is 1. The summed E-state index contributed by atoms with van der Waals surface area (Å²) in [6, 6.07) is 26.8. The summed E-state index contributed by atoms with van der Waals surface area (Å²) in [6.45, 7) is 4.40. The van der Waals surface area contributed by atoms with Gasteiger partial charge in [0.15, 0.2) is 11.5 Å². The fourth-order valence-corrected chi connectivity index (χ4v) is 10.4. The lowest BCUT2D eigenvalue weighted by Gasteiger charge is -2.65. The van der Waals surface area contributed by atoms with Crippen molar-refractivity contribution in [1.82, 2.24) is 9.80 Å². The van der Waals surface area contributed by atoms with E-state index in [1.165, 1.54) is 80.0 Å². The van der Waals surface area contributed by atoms with Gasteiger partial charge in [-0.2, -0.15) is 0 Å². The Balaban J connectivity index is 1.03. The first-order valence-electron chi connectivity index (χ1n) is 19.3. The Bertz CT molecular complexity index is 1530. The Labute approximate surface area is 288 Å². The third-order valence-corrected chi connectivity index (χ3v) is 12.9. The number of aliphatic hydroxyl groups is 1. The van der Waals surface area contributed by atoms with Gasteiger partial charge in [-0.3, -0.25) is 9.80 Å². The minimum atomic E-state index is -0.762. The molecule has 0 radical (unpaired) electrons. The molecule has 1 N–H and O–H groups in total. The normalized spacial score (nSPS) is 28.7. The molecule has 5 atom stereocenters. The number of hydrogen-bond donors (Lipinski definition) is 1. The van der Waals surface area contributed by atoms with Crippen LogP contribution in [-0.2, 0) is 24.7 Å². The molecule has 48 heavy (non-hydrogen) atoms. The summed E-state index contributed by atoms with van der Waals surface area (Å²) in [5, 5.41) is 13.1. The van der Waals surface area contributed by atoms with Crippen LogP contribution >= 0.6 is 0 Å². The number of benzene rings is 3. The van der Waals surface area contributed by atoms with E-state index >= 15 is 0 Å². The highest BCUT2D eigenvalue weighted by Crippen LogP contribution is 2.66. The van der Waals surface area contributed by atoms with Gasteiger partial charge in [0.1, 0.15) is 6.10 Å². The minimum Gasteiger partial charge on any atom is -0.493 e. The average molecular weight is 649 g/mol. The highest BCUT2D eigenvalue weighted by atomic mass is 16.5. The van der Waals surface area contributed by atoms with Gasteiger partial charge in [0.2, 0.25) is 0 Å². The maximum Gasteiger partial charge on any atom is 0.165 e. The van der Waals surface area contributed by atoms with E-state index in [0.29, 0.717) is 6.04 Å². The summed E-state index contributed by atoms with van der Waals surface area (Å²) in [4.78, 5) is 5.49. The molecule has 5 nitrogen and oxygen atoms in total. The molecule has 1 spiro atoms. The lowest BCUT2D eigenvalue weighted by Crippen LogP contribution is -2.78. The van der Waals surface area contributed by atoms with Crippen molar-refractivity contribution in [2.24, 2.45) is 5.92 Å². The molecule has 256 valence electrons. The number of nitrogens with zero attached hydrogens (tertiary/aromatic N) is 2. The smallest absolute Gasteiger partial charge is 0.165 e. The average Bonchev–Trinajstić information content (AvgIpc) is 3.86. The molecular formula is C43H56N2O3. The summed E-state index contributed by atoms with van der Waals surface area (Å²) in [5.41, 5.74) is 4.44. The lowest BCUT2D eigenvalue weighted by atomic mass is 9.48. The Morgan fingerprint density at radius 1 is 0.812 bits per heavy atom. The molecule has 3 aromatic carbocycles. The predicted molar refractivity (Wildman–Crippen MR) is 193 cm³/mol. The van der Waals surface area contributed by atoms with E-state index in [1.807, 2.05) is 0 Å². The van der Waals surface area contributed by atoms with E-state index in [-0.39, 0.29) is 17.6 Å². The third-order valence-electron chi connectivity index (χ3n) is 12.9. The van der Waals surface area contributed by atoms with E-state index in [4.69, 9.17) is 9.47 Å². The molecule has 2 aliphatic heterocycles. The second-order valence-corrected chi connectivity index (χ2v) is 15.7. The molecule has 2 unspecified atom stereocenters. The number of hydrogen-bond acceptors (Lipinski definition) is 5. The Morgan fingerprint density at radius 3 is 2.17 bits per heavy atom. The Kier molecular flexibility index (Phi) is 9.30. The van der Waals surface area contributed by atoms with Crippen LogP contribution in [-0.4, -0.2) is 72.0 Å². The van der Waals surface area contributed by atoms with Gasteiger partial charge in [-0.05, 0) is 125 Å². The fourth-order valence-electron chi connectivity index (χ4n) is 10.4. The van der Waals surface area contributed by atoms with Gasteiger partial charge in [-0.25, -0.2) is 0 Å². The molecule has 0 aromatic heterocycles. The van der Waals surface area contributed by atoms with Crippen molar-refractivity contribution < 1.29 is 14.6 Å². The Morgan fingerprint density at radius 2 is 1.48 bits per heavy atom. The summed E-state index contributed by atoms with van der Waals surface area (Å²) in [7, 11) is 1.77. The quantitative estimate of drug-likeness (QED) is 0.161. The van der Waals surface area contributed by atoms with Gasteiger partial charge in [-0.1, -0.05) is 79.6 Å². The minimum absolute atomic E-state index is 0.0422. The molecule has 3 fully saturated rings. The van der Waals surface area contributed by atoms with Crippen molar-refractivity contribution >= 4 is 0 Å². The number of rotatable bonds is 16. The monoisotopic (exact) mass is 648 g/mol. The molecular weight excluding hydrogens is 592 g/mol. The van der Waals surface area contributed by atoms with Crippen molar-refractivity contribution in [2.45, 2.75) is 119 Å². The summed E-state index contributed by atoms with van der Waals surface area (Å²) < 4.78 is 13.2. The molecule has 3 aliphatic carbocycles. The van der Waals surface area contributed by atoms with Crippen LogP contribution in [0.15, 0.2) is 72.8 Å². The van der Waals surface area contributed by atoms with Crippen molar-refractivity contribution in [2.75, 3.05) is 33.3 Å². The standard InChI is InChI=1S/C43H56N2O3/c1-47-37-23-22-35-30-38-43(46)25-24-36(41-42(43,39(35)40(37)48-41)26-29-45(38)31-34-20-21-34)44(28-13-11-19-33-17-9-5-10-18-33)27-12-3-2-6-14-32-15-7-4-8-16-32/h4-5,7-10,15-18,22-23,34,36,38,41,46H,2-3,6,11-14,19-21,24-31H2,1H3/t36?,38-,41?,42+,43-/m1/s1. The van der Waals surface area contributed by atoms with Gasteiger partial charge >= 0.3 is 0 Å². The SMILES string of the molecule is COc1ccc2c3c1OC1C(N(CCCCCCc4ccccc4)CCCCc4ccccc4)CC[C@@]4(O)[C@@H](C2)N(CC2CC2)CC[C@]314. The summed E-state index contributed by atoms with van der Waals surface area (Å²) >= 11 is 0. The molecule has 3 aromatic rings. The number of aryl methyl sites for hydroxylation is 2. The Hall–Kier alpha value is -2.86. The van der Waals surface area contributed by atoms with Crippen LogP contribution in [0.25, 0.3) is 0 Å². The van der Waals surface area contributed by atoms with Crippen LogP contribution in [0.5, 0.6) is 11.5 Å². The highest BCUT2D eigenvalue weighted by Gasteiger charge is 2.73. The predicted octanol–water partition coefficient (Wildman–Crippen LogP) is 7.76. The van der Waals surface area contributed by atoms with Crippen LogP contribution in [0.4, 0.5) is 0 Å². The number of likely N-dealkylation sites (tertiary alicyclic amines) is 1. The zero-order chi connectivity index (χ0) is 32.6. The number of piperidine rings is 1. The van der Waals surface area contributed by atoms with Crippen LogP contribution in [0.2, 0.25) is 0 Å². The van der Waals surface area contributed by atoms with Crippen molar-refractivity contribution in [3.8, 4) is 11.5 Å². The van der Waals surface area contributed by atoms with Crippen molar-refractivity contribution in [3.63, 3.8) is 0 Å². The second-order valence-electron chi connectivity index (χ2n) is 15.7. The lowest BCUT2D eigenvalue weighted by molar-refractivity contribution is -0.200. The van der Waals surface area contributed by atoms with E-state index < -0.39 is 5.60 Å². The van der Waals surface area contributed by atoms with E-state index in [0.717, 1.165) is 75.7 Å². The summed E-state index contributed by atoms with van der Waals surface area (Å²) in [6.07, 6.45) is 16.1. The van der Waals surface area contributed by atoms with E-state index in [9.17, 15) is 5.11 Å². The van der Waals surface area contributed by atoms with Gasteiger partial charge < -0.3 is 14.6 Å². The molecule has 5 heteroatoms. The van der Waals surface area contributed by atoms with Crippen LogP contribution in [0, 0.1) is 5.92 Å².